The van der Waals surface area contributed by atoms with Crippen LogP contribution < -0.4 is 24.8 Å². The third kappa shape index (κ3) is 6.72. The molecule has 0 aliphatic rings. The van der Waals surface area contributed by atoms with E-state index in [1.165, 1.54) is 0 Å². The Bertz CT molecular complexity index is 706. The first-order chi connectivity index (χ1) is 12.7. The predicted octanol–water partition coefficient (Wildman–Crippen LogP) is 2.37. The molecule has 0 fully saturated rings. The molecule has 0 heterocycles. The molecule has 2 N–H and O–H groups in total. The molecule has 0 bridgehead atoms. The average molecular weight is 358 g/mol. The van der Waals surface area contributed by atoms with Gasteiger partial charge in [-0.3, -0.25) is 4.79 Å². The van der Waals surface area contributed by atoms with Gasteiger partial charge < -0.3 is 24.8 Å². The Morgan fingerprint density at radius 2 is 1.46 bits per heavy atom. The zero-order valence-electron chi connectivity index (χ0n) is 14.6. The van der Waals surface area contributed by atoms with Crippen molar-refractivity contribution in [2.45, 2.75) is 6.92 Å². The van der Waals surface area contributed by atoms with Crippen molar-refractivity contribution in [3.05, 3.63) is 54.6 Å². The van der Waals surface area contributed by atoms with Gasteiger partial charge in [-0.1, -0.05) is 30.3 Å². The molecule has 7 nitrogen and oxygen atoms in total. The maximum absolute atomic E-state index is 11.8. The minimum atomic E-state index is -0.577. The lowest BCUT2D eigenvalue weighted by atomic mass is 10.3. The van der Waals surface area contributed by atoms with Gasteiger partial charge in [0.1, 0.15) is 5.75 Å². The summed E-state index contributed by atoms with van der Waals surface area (Å²) in [5, 5.41) is 5.20. The summed E-state index contributed by atoms with van der Waals surface area (Å²) in [4.78, 5) is 23.4. The van der Waals surface area contributed by atoms with Crippen molar-refractivity contribution in [1.82, 2.24) is 10.6 Å². The Labute approximate surface area is 152 Å². The third-order valence-electron chi connectivity index (χ3n) is 3.18. The van der Waals surface area contributed by atoms with Gasteiger partial charge in [-0.25, -0.2) is 4.79 Å². The van der Waals surface area contributed by atoms with E-state index in [4.69, 9.17) is 14.2 Å². The summed E-state index contributed by atoms with van der Waals surface area (Å²) < 4.78 is 15.9. The summed E-state index contributed by atoms with van der Waals surface area (Å²) in [6, 6.07) is 15.9. The maximum atomic E-state index is 11.8. The Kier molecular flexibility index (Phi) is 7.79. The summed E-state index contributed by atoms with van der Waals surface area (Å²) in [6.07, 6.45) is -0.577. The maximum Gasteiger partial charge on any atom is 0.412 e. The summed E-state index contributed by atoms with van der Waals surface area (Å²) in [5.41, 5.74) is 0. The van der Waals surface area contributed by atoms with Crippen LogP contribution in [0.15, 0.2) is 54.6 Å². The smallest absolute Gasteiger partial charge is 0.412 e. The van der Waals surface area contributed by atoms with Crippen molar-refractivity contribution in [3.63, 3.8) is 0 Å². The van der Waals surface area contributed by atoms with Gasteiger partial charge in [0.05, 0.1) is 6.61 Å². The van der Waals surface area contributed by atoms with Crippen LogP contribution in [0.2, 0.25) is 0 Å². The summed E-state index contributed by atoms with van der Waals surface area (Å²) in [6.45, 7) is 2.75. The van der Waals surface area contributed by atoms with Gasteiger partial charge >= 0.3 is 6.09 Å². The zero-order valence-corrected chi connectivity index (χ0v) is 14.6. The highest BCUT2D eigenvalue weighted by atomic mass is 16.6. The Morgan fingerprint density at radius 3 is 2.15 bits per heavy atom. The molecule has 7 heteroatoms. The molecule has 138 valence electrons. The van der Waals surface area contributed by atoms with E-state index in [2.05, 4.69) is 10.6 Å². The second kappa shape index (κ2) is 10.6. The summed E-state index contributed by atoms with van der Waals surface area (Å²) in [5.74, 6) is 1.26. The number of ether oxygens (including phenoxy) is 3. The number of rotatable bonds is 9. The molecule has 0 atom stereocenters. The number of para-hydroxylation sites is 3. The molecule has 0 unspecified atom stereocenters. The molecule has 0 aliphatic heterocycles. The highest BCUT2D eigenvalue weighted by molar-refractivity contribution is 5.77. The highest BCUT2D eigenvalue weighted by Gasteiger charge is 2.07. The summed E-state index contributed by atoms with van der Waals surface area (Å²) in [7, 11) is 0. The van der Waals surface area contributed by atoms with Crippen molar-refractivity contribution < 1.29 is 23.8 Å². The Hall–Kier alpha value is -3.22. The number of nitrogens with one attached hydrogen (secondary N) is 2. The number of carbonyl (C=O) groups is 2. The number of carbonyl (C=O) groups excluding carboxylic acids is 2. The van der Waals surface area contributed by atoms with Gasteiger partial charge in [-0.15, -0.1) is 0 Å². The van der Waals surface area contributed by atoms with Crippen LogP contribution in [0.1, 0.15) is 6.92 Å². The molecular formula is C19H22N2O5. The van der Waals surface area contributed by atoms with E-state index in [9.17, 15) is 9.59 Å². The monoisotopic (exact) mass is 358 g/mol. The largest absolute Gasteiger partial charge is 0.490 e. The first kappa shape index (κ1) is 19.1. The normalized spacial score (nSPS) is 9.88. The van der Waals surface area contributed by atoms with E-state index in [-0.39, 0.29) is 25.6 Å². The fraction of sp³-hybridized carbons (Fsp3) is 0.263. The van der Waals surface area contributed by atoms with Gasteiger partial charge in [-0.05, 0) is 31.2 Å². The van der Waals surface area contributed by atoms with E-state index in [0.717, 1.165) is 0 Å². The van der Waals surface area contributed by atoms with E-state index in [0.29, 0.717) is 23.9 Å². The topological polar surface area (TPSA) is 85.9 Å². The number of amides is 2. The van der Waals surface area contributed by atoms with Crippen LogP contribution in [0.5, 0.6) is 17.2 Å². The Balaban J connectivity index is 1.62. The van der Waals surface area contributed by atoms with E-state index in [1.54, 1.807) is 42.5 Å². The molecular weight excluding hydrogens is 336 g/mol. The number of hydrogen-bond donors (Lipinski definition) is 2. The van der Waals surface area contributed by atoms with Crippen molar-refractivity contribution in [3.8, 4) is 17.2 Å². The third-order valence-corrected chi connectivity index (χ3v) is 3.18. The van der Waals surface area contributed by atoms with Crippen LogP contribution >= 0.6 is 0 Å². The van der Waals surface area contributed by atoms with Gasteiger partial charge in [0, 0.05) is 13.1 Å². The lowest BCUT2D eigenvalue weighted by molar-refractivity contribution is -0.123. The zero-order chi connectivity index (χ0) is 18.6. The van der Waals surface area contributed by atoms with Crippen LogP contribution in [0.4, 0.5) is 4.79 Å². The fourth-order valence-corrected chi connectivity index (χ4v) is 2.04. The number of benzene rings is 2. The van der Waals surface area contributed by atoms with E-state index in [1.807, 2.05) is 19.1 Å². The second-order valence-electron chi connectivity index (χ2n) is 5.15. The van der Waals surface area contributed by atoms with Gasteiger partial charge in [0.25, 0.3) is 5.91 Å². The standard InChI is InChI=1S/C19H22N2O5/c1-2-24-16-10-6-7-11-17(16)25-14-18(22)20-12-13-21-19(23)26-15-8-4-3-5-9-15/h3-11H,2,12-14H2,1H3,(H,20,22)(H,21,23). The molecule has 0 radical (unpaired) electrons. The molecule has 0 aliphatic carbocycles. The van der Waals surface area contributed by atoms with Crippen LogP contribution in [0.3, 0.4) is 0 Å². The quantitative estimate of drug-likeness (QED) is 0.672. The van der Waals surface area contributed by atoms with Crippen LogP contribution in [0.25, 0.3) is 0 Å². The van der Waals surface area contributed by atoms with Crippen molar-refractivity contribution in [2.75, 3.05) is 26.3 Å². The molecule has 0 saturated heterocycles. The lowest BCUT2D eigenvalue weighted by Crippen LogP contribution is -2.37. The second-order valence-corrected chi connectivity index (χ2v) is 5.15. The van der Waals surface area contributed by atoms with E-state index >= 15 is 0 Å². The van der Waals surface area contributed by atoms with Gasteiger partial charge in [0.2, 0.25) is 0 Å². The summed E-state index contributed by atoms with van der Waals surface area (Å²) >= 11 is 0. The molecule has 2 rings (SSSR count). The molecule has 2 aromatic rings. The average Bonchev–Trinajstić information content (AvgIpc) is 2.65. The number of hydrogen-bond acceptors (Lipinski definition) is 5. The predicted molar refractivity (Wildman–Crippen MR) is 96.6 cm³/mol. The van der Waals surface area contributed by atoms with Gasteiger partial charge in [0.15, 0.2) is 18.1 Å². The fourth-order valence-electron chi connectivity index (χ4n) is 2.04. The van der Waals surface area contributed by atoms with Crippen molar-refractivity contribution in [2.24, 2.45) is 0 Å². The van der Waals surface area contributed by atoms with Crippen molar-refractivity contribution in [1.29, 1.82) is 0 Å². The minimum absolute atomic E-state index is 0.140. The van der Waals surface area contributed by atoms with Crippen LogP contribution in [-0.2, 0) is 4.79 Å². The molecule has 2 aromatic carbocycles. The SMILES string of the molecule is CCOc1ccccc1OCC(=O)NCCNC(=O)Oc1ccccc1. The van der Waals surface area contributed by atoms with Crippen LogP contribution in [0, 0.1) is 0 Å². The molecule has 0 spiro atoms. The first-order valence-electron chi connectivity index (χ1n) is 8.31. The Morgan fingerprint density at radius 1 is 0.846 bits per heavy atom. The molecule has 2 amide bonds. The van der Waals surface area contributed by atoms with Crippen molar-refractivity contribution >= 4 is 12.0 Å². The molecule has 26 heavy (non-hydrogen) atoms. The highest BCUT2D eigenvalue weighted by Crippen LogP contribution is 2.26. The van der Waals surface area contributed by atoms with Crippen LogP contribution in [-0.4, -0.2) is 38.3 Å². The molecule has 0 aromatic heterocycles. The van der Waals surface area contributed by atoms with E-state index < -0.39 is 6.09 Å². The lowest BCUT2D eigenvalue weighted by Gasteiger charge is -2.11. The molecule has 0 saturated carbocycles. The minimum Gasteiger partial charge on any atom is -0.490 e. The van der Waals surface area contributed by atoms with Gasteiger partial charge in [-0.2, -0.15) is 0 Å². The first-order valence-corrected chi connectivity index (χ1v) is 8.31.